The molecule has 1 aliphatic rings. The number of furan rings is 1. The number of rotatable bonds is 5. The number of carbonyl (C=O) groups excluding carboxylic acids is 1. The fraction of sp³-hybridized carbons (Fsp3) is 0.240. The van der Waals surface area contributed by atoms with Gasteiger partial charge in [0, 0.05) is 12.1 Å². The third-order valence-corrected chi connectivity index (χ3v) is 5.12. The molecule has 0 saturated heterocycles. The van der Waals surface area contributed by atoms with Crippen LogP contribution < -0.4 is 0 Å². The lowest BCUT2D eigenvalue weighted by Crippen LogP contribution is -2.36. The molecule has 1 aromatic heterocycles. The predicted octanol–water partition coefficient (Wildman–Crippen LogP) is 4.47. The summed E-state index contributed by atoms with van der Waals surface area (Å²) in [5, 5.41) is 0. The smallest absolute Gasteiger partial charge is 0.254 e. The van der Waals surface area contributed by atoms with Crippen LogP contribution in [0.3, 0.4) is 0 Å². The summed E-state index contributed by atoms with van der Waals surface area (Å²) in [6.07, 6.45) is 2.80. The minimum atomic E-state index is 0.0382. The average Bonchev–Trinajstić information content (AvgIpc) is 3.13. The standard InChI is InChI=1S/C25H26N2O2/c1-26(2)17-22-16-21-13-14-27(18-24(21)29-22)25(28)23(20-11-7-4-8-12-20)15-19-9-5-3-6-10-19/h3-12,15-16H,13-14,17-18H2,1-2H3. The van der Waals surface area contributed by atoms with Crippen molar-refractivity contribution in [3.63, 3.8) is 0 Å². The normalized spacial score (nSPS) is 14.2. The molecule has 0 atom stereocenters. The monoisotopic (exact) mass is 386 g/mol. The van der Waals surface area contributed by atoms with Gasteiger partial charge < -0.3 is 14.2 Å². The van der Waals surface area contributed by atoms with Crippen molar-refractivity contribution in [3.05, 3.63) is 94.9 Å². The largest absolute Gasteiger partial charge is 0.463 e. The molecule has 0 N–H and O–H groups in total. The zero-order valence-corrected chi connectivity index (χ0v) is 17.0. The van der Waals surface area contributed by atoms with Crippen LogP contribution in [-0.2, 0) is 24.3 Å². The molecule has 4 heteroatoms. The average molecular weight is 386 g/mol. The van der Waals surface area contributed by atoms with Gasteiger partial charge in [0.25, 0.3) is 5.91 Å². The van der Waals surface area contributed by atoms with Gasteiger partial charge in [-0.3, -0.25) is 4.79 Å². The molecule has 0 fully saturated rings. The molecule has 0 aliphatic carbocycles. The second-order valence-electron chi connectivity index (χ2n) is 7.71. The van der Waals surface area contributed by atoms with E-state index in [1.807, 2.05) is 85.7 Å². The van der Waals surface area contributed by atoms with Gasteiger partial charge in [0.05, 0.1) is 13.1 Å². The second kappa shape index (κ2) is 8.50. The molecular weight excluding hydrogens is 360 g/mol. The molecule has 1 amide bonds. The Kier molecular flexibility index (Phi) is 5.63. The van der Waals surface area contributed by atoms with E-state index in [9.17, 15) is 4.79 Å². The number of hydrogen-bond acceptors (Lipinski definition) is 3. The van der Waals surface area contributed by atoms with Crippen LogP contribution in [0.2, 0.25) is 0 Å². The Morgan fingerprint density at radius 2 is 1.76 bits per heavy atom. The first-order valence-corrected chi connectivity index (χ1v) is 9.97. The summed E-state index contributed by atoms with van der Waals surface area (Å²) in [6.45, 7) is 1.98. The number of amides is 1. The lowest BCUT2D eigenvalue weighted by Gasteiger charge is -2.27. The van der Waals surface area contributed by atoms with E-state index in [1.165, 1.54) is 5.56 Å². The zero-order valence-electron chi connectivity index (χ0n) is 17.0. The van der Waals surface area contributed by atoms with E-state index < -0.39 is 0 Å². The van der Waals surface area contributed by atoms with E-state index in [1.54, 1.807) is 0 Å². The van der Waals surface area contributed by atoms with E-state index >= 15 is 0 Å². The maximum absolute atomic E-state index is 13.5. The molecule has 29 heavy (non-hydrogen) atoms. The SMILES string of the molecule is CN(C)Cc1cc2c(o1)CN(C(=O)C(=Cc1ccccc1)c1ccccc1)CC2. The maximum atomic E-state index is 13.5. The maximum Gasteiger partial charge on any atom is 0.254 e. The quantitative estimate of drug-likeness (QED) is 0.480. The van der Waals surface area contributed by atoms with Gasteiger partial charge in [-0.1, -0.05) is 60.7 Å². The number of hydrogen-bond donors (Lipinski definition) is 0. The van der Waals surface area contributed by atoms with Gasteiger partial charge in [0.1, 0.15) is 11.5 Å². The summed E-state index contributed by atoms with van der Waals surface area (Å²) in [4.78, 5) is 17.5. The number of fused-ring (bicyclic) bond motifs is 1. The van der Waals surface area contributed by atoms with E-state index in [-0.39, 0.29) is 5.91 Å². The van der Waals surface area contributed by atoms with Crippen LogP contribution in [-0.4, -0.2) is 36.3 Å². The van der Waals surface area contributed by atoms with Crippen LogP contribution in [0.25, 0.3) is 11.6 Å². The van der Waals surface area contributed by atoms with Crippen molar-refractivity contribution in [2.24, 2.45) is 0 Å². The van der Waals surface area contributed by atoms with Crippen LogP contribution in [0.1, 0.15) is 28.2 Å². The topological polar surface area (TPSA) is 36.7 Å². The predicted molar refractivity (Wildman–Crippen MR) is 116 cm³/mol. The highest BCUT2D eigenvalue weighted by atomic mass is 16.3. The Morgan fingerprint density at radius 3 is 2.45 bits per heavy atom. The van der Waals surface area contributed by atoms with E-state index in [0.717, 1.165) is 35.6 Å². The van der Waals surface area contributed by atoms with Crippen molar-refractivity contribution in [1.29, 1.82) is 0 Å². The number of benzene rings is 2. The Hall–Kier alpha value is -3.11. The Balaban J connectivity index is 1.62. The highest BCUT2D eigenvalue weighted by Crippen LogP contribution is 2.27. The molecule has 148 valence electrons. The first-order valence-electron chi connectivity index (χ1n) is 9.97. The van der Waals surface area contributed by atoms with Gasteiger partial charge in [0.2, 0.25) is 0 Å². The summed E-state index contributed by atoms with van der Waals surface area (Å²) in [7, 11) is 4.05. The minimum Gasteiger partial charge on any atom is -0.463 e. The van der Waals surface area contributed by atoms with Crippen molar-refractivity contribution in [2.45, 2.75) is 19.5 Å². The van der Waals surface area contributed by atoms with Crippen LogP contribution in [0.15, 0.2) is 71.1 Å². The van der Waals surface area contributed by atoms with Crippen LogP contribution in [0, 0.1) is 0 Å². The molecule has 0 unspecified atom stereocenters. The summed E-state index contributed by atoms with van der Waals surface area (Å²) >= 11 is 0. The summed E-state index contributed by atoms with van der Waals surface area (Å²) in [6, 6.07) is 22.0. The minimum absolute atomic E-state index is 0.0382. The van der Waals surface area contributed by atoms with E-state index in [4.69, 9.17) is 4.42 Å². The molecule has 0 spiro atoms. The van der Waals surface area contributed by atoms with Gasteiger partial charge in [-0.2, -0.15) is 0 Å². The molecule has 1 aliphatic heterocycles. The Labute approximate surface area is 172 Å². The third kappa shape index (κ3) is 4.49. The van der Waals surface area contributed by atoms with Crippen molar-refractivity contribution in [3.8, 4) is 0 Å². The Morgan fingerprint density at radius 1 is 1.07 bits per heavy atom. The highest BCUT2D eigenvalue weighted by molar-refractivity contribution is 6.24. The van der Waals surface area contributed by atoms with Crippen LogP contribution >= 0.6 is 0 Å². The fourth-order valence-corrected chi connectivity index (χ4v) is 3.72. The fourth-order valence-electron chi connectivity index (χ4n) is 3.72. The summed E-state index contributed by atoms with van der Waals surface area (Å²) < 4.78 is 6.05. The van der Waals surface area contributed by atoms with Crippen molar-refractivity contribution >= 4 is 17.6 Å². The van der Waals surface area contributed by atoms with Gasteiger partial charge in [0.15, 0.2) is 0 Å². The molecule has 3 aromatic rings. The van der Waals surface area contributed by atoms with Crippen LogP contribution in [0.5, 0.6) is 0 Å². The molecule has 2 aromatic carbocycles. The second-order valence-corrected chi connectivity index (χ2v) is 7.71. The van der Waals surface area contributed by atoms with Gasteiger partial charge >= 0.3 is 0 Å². The Bertz CT molecular complexity index is 1000. The molecule has 0 bridgehead atoms. The number of nitrogens with zero attached hydrogens (tertiary/aromatic N) is 2. The van der Waals surface area contributed by atoms with Gasteiger partial charge in [-0.25, -0.2) is 0 Å². The summed E-state index contributed by atoms with van der Waals surface area (Å²) in [5.41, 5.74) is 3.88. The van der Waals surface area contributed by atoms with Crippen molar-refractivity contribution in [2.75, 3.05) is 20.6 Å². The highest BCUT2D eigenvalue weighted by Gasteiger charge is 2.27. The van der Waals surface area contributed by atoms with Crippen molar-refractivity contribution < 1.29 is 9.21 Å². The number of carbonyl (C=O) groups is 1. The van der Waals surface area contributed by atoms with Crippen molar-refractivity contribution in [1.82, 2.24) is 9.80 Å². The molecule has 0 radical (unpaired) electrons. The van der Waals surface area contributed by atoms with Gasteiger partial charge in [-0.05, 0) is 49.3 Å². The molecule has 2 heterocycles. The van der Waals surface area contributed by atoms with E-state index in [0.29, 0.717) is 18.7 Å². The summed E-state index contributed by atoms with van der Waals surface area (Å²) in [5.74, 6) is 1.90. The zero-order chi connectivity index (χ0) is 20.2. The lowest BCUT2D eigenvalue weighted by atomic mass is 9.99. The van der Waals surface area contributed by atoms with Gasteiger partial charge in [-0.15, -0.1) is 0 Å². The lowest BCUT2D eigenvalue weighted by molar-refractivity contribution is -0.126. The molecule has 4 nitrogen and oxygen atoms in total. The third-order valence-electron chi connectivity index (χ3n) is 5.12. The molecule has 0 saturated carbocycles. The first-order chi connectivity index (χ1) is 14.1. The molecule has 4 rings (SSSR count). The first kappa shape index (κ1) is 19.2. The molecular formula is C25H26N2O2. The van der Waals surface area contributed by atoms with Crippen LogP contribution in [0.4, 0.5) is 0 Å². The van der Waals surface area contributed by atoms with E-state index in [2.05, 4.69) is 11.0 Å².